The summed E-state index contributed by atoms with van der Waals surface area (Å²) in [6.45, 7) is 2.14. The number of benzene rings is 1. The number of rotatable bonds is 5. The molecule has 0 radical (unpaired) electrons. The van der Waals surface area contributed by atoms with Crippen LogP contribution in [0.4, 0.5) is 0 Å². The highest BCUT2D eigenvalue weighted by Crippen LogP contribution is 2.24. The van der Waals surface area contributed by atoms with Crippen molar-refractivity contribution in [1.29, 1.82) is 0 Å². The van der Waals surface area contributed by atoms with Crippen molar-refractivity contribution < 1.29 is 8.42 Å². The number of sulfonamides is 1. The molecule has 0 aromatic heterocycles. The Morgan fingerprint density at radius 1 is 1.14 bits per heavy atom. The molecule has 0 aliphatic heterocycles. The summed E-state index contributed by atoms with van der Waals surface area (Å²) < 4.78 is 27.9. The van der Waals surface area contributed by atoms with Gasteiger partial charge in [-0.05, 0) is 42.9 Å². The first-order valence-corrected chi connectivity index (χ1v) is 9.72. The zero-order valence-corrected chi connectivity index (χ0v) is 14.1. The van der Waals surface area contributed by atoms with E-state index in [-0.39, 0.29) is 6.04 Å². The molecule has 0 saturated heterocycles. The van der Waals surface area contributed by atoms with E-state index in [0.717, 1.165) is 31.2 Å². The Hall–Kier alpha value is -0.580. The lowest BCUT2D eigenvalue weighted by Gasteiger charge is -2.22. The molecular formula is C16H24ClNO2S. The van der Waals surface area contributed by atoms with Gasteiger partial charge in [-0.15, -0.1) is 11.6 Å². The smallest absolute Gasteiger partial charge is 0.208 e. The molecule has 2 rings (SSSR count). The number of hydrogen-bond donors (Lipinski definition) is 1. The average Bonchev–Trinajstić information content (AvgIpc) is 2.65. The van der Waals surface area contributed by atoms with Gasteiger partial charge in [-0.25, -0.2) is 13.1 Å². The molecule has 1 aromatic carbocycles. The average molecular weight is 330 g/mol. The zero-order valence-electron chi connectivity index (χ0n) is 12.5. The second-order valence-corrected chi connectivity index (χ2v) is 8.02. The SMILES string of the molecule is CC1CCCCCC1NS(=O)(=O)c1ccc(CCCl)cc1. The summed E-state index contributed by atoms with van der Waals surface area (Å²) in [6.07, 6.45) is 6.30. The van der Waals surface area contributed by atoms with E-state index in [9.17, 15) is 8.42 Å². The highest BCUT2D eigenvalue weighted by atomic mass is 35.5. The van der Waals surface area contributed by atoms with Crippen molar-refractivity contribution in [3.05, 3.63) is 29.8 Å². The maximum atomic E-state index is 12.5. The van der Waals surface area contributed by atoms with Crippen molar-refractivity contribution in [2.75, 3.05) is 5.88 Å². The van der Waals surface area contributed by atoms with Crippen LogP contribution in [0.1, 0.15) is 44.6 Å². The van der Waals surface area contributed by atoms with Crippen LogP contribution < -0.4 is 4.72 Å². The molecule has 5 heteroatoms. The fourth-order valence-corrected chi connectivity index (χ4v) is 4.48. The number of alkyl halides is 1. The van der Waals surface area contributed by atoms with Crippen LogP contribution in [0.3, 0.4) is 0 Å². The quantitative estimate of drug-likeness (QED) is 0.661. The summed E-state index contributed by atoms with van der Waals surface area (Å²) >= 11 is 5.70. The summed E-state index contributed by atoms with van der Waals surface area (Å²) in [6, 6.07) is 7.08. The van der Waals surface area contributed by atoms with Crippen LogP contribution in [0.2, 0.25) is 0 Å². The molecule has 118 valence electrons. The Kier molecular flexibility index (Phi) is 6.08. The largest absolute Gasteiger partial charge is 0.240 e. The van der Waals surface area contributed by atoms with Gasteiger partial charge in [0.05, 0.1) is 4.90 Å². The molecule has 2 unspecified atom stereocenters. The molecule has 1 aromatic rings. The predicted octanol–water partition coefficient (Wildman–Crippen LogP) is 3.72. The van der Waals surface area contributed by atoms with Gasteiger partial charge in [-0.2, -0.15) is 0 Å². The molecule has 1 aliphatic carbocycles. The molecule has 21 heavy (non-hydrogen) atoms. The third kappa shape index (κ3) is 4.70. The van der Waals surface area contributed by atoms with Gasteiger partial charge in [0.1, 0.15) is 0 Å². The van der Waals surface area contributed by atoms with Crippen molar-refractivity contribution in [3.8, 4) is 0 Å². The van der Waals surface area contributed by atoms with Crippen molar-refractivity contribution in [1.82, 2.24) is 4.72 Å². The van der Waals surface area contributed by atoms with Crippen LogP contribution in [0.5, 0.6) is 0 Å². The van der Waals surface area contributed by atoms with Crippen molar-refractivity contribution in [2.24, 2.45) is 5.92 Å². The highest BCUT2D eigenvalue weighted by molar-refractivity contribution is 7.89. The van der Waals surface area contributed by atoms with E-state index in [1.165, 1.54) is 12.8 Å². The topological polar surface area (TPSA) is 46.2 Å². The molecule has 2 atom stereocenters. The Balaban J connectivity index is 2.09. The van der Waals surface area contributed by atoms with E-state index in [4.69, 9.17) is 11.6 Å². The number of halogens is 1. The second-order valence-electron chi connectivity index (χ2n) is 5.93. The third-order valence-electron chi connectivity index (χ3n) is 4.28. The molecule has 0 amide bonds. The number of hydrogen-bond acceptors (Lipinski definition) is 2. The second kappa shape index (κ2) is 7.61. The minimum atomic E-state index is -3.42. The van der Waals surface area contributed by atoms with Crippen LogP contribution in [0, 0.1) is 5.92 Å². The lowest BCUT2D eigenvalue weighted by molar-refractivity contribution is 0.399. The van der Waals surface area contributed by atoms with Crippen LogP contribution in [-0.4, -0.2) is 20.3 Å². The summed E-state index contributed by atoms with van der Waals surface area (Å²) in [7, 11) is -3.42. The van der Waals surface area contributed by atoms with Gasteiger partial charge in [0, 0.05) is 11.9 Å². The molecular weight excluding hydrogens is 306 g/mol. The first-order valence-electron chi connectivity index (χ1n) is 7.70. The zero-order chi connectivity index (χ0) is 15.3. The summed E-state index contributed by atoms with van der Waals surface area (Å²) in [5.74, 6) is 0.946. The van der Waals surface area contributed by atoms with E-state index in [1.807, 2.05) is 12.1 Å². The standard InChI is InChI=1S/C16H24ClNO2S/c1-13-5-3-2-4-6-16(13)18-21(19,20)15-9-7-14(8-10-15)11-12-17/h7-10,13,16,18H,2-6,11-12H2,1H3. The van der Waals surface area contributed by atoms with Gasteiger partial charge in [0.15, 0.2) is 0 Å². The summed E-state index contributed by atoms with van der Waals surface area (Å²) in [5.41, 5.74) is 1.06. The molecule has 1 fully saturated rings. The Labute approximate surface area is 133 Å². The van der Waals surface area contributed by atoms with Gasteiger partial charge < -0.3 is 0 Å². The Morgan fingerprint density at radius 2 is 1.81 bits per heavy atom. The third-order valence-corrected chi connectivity index (χ3v) is 5.98. The van der Waals surface area contributed by atoms with Crippen LogP contribution >= 0.6 is 11.6 Å². The van der Waals surface area contributed by atoms with E-state index in [0.29, 0.717) is 16.7 Å². The van der Waals surface area contributed by atoms with Crippen LogP contribution in [0.15, 0.2) is 29.2 Å². The minimum Gasteiger partial charge on any atom is -0.208 e. The van der Waals surface area contributed by atoms with Crippen LogP contribution in [-0.2, 0) is 16.4 Å². The van der Waals surface area contributed by atoms with Gasteiger partial charge in [0.25, 0.3) is 0 Å². The molecule has 3 nitrogen and oxygen atoms in total. The van der Waals surface area contributed by atoms with Crippen LogP contribution in [0.25, 0.3) is 0 Å². The maximum Gasteiger partial charge on any atom is 0.240 e. The van der Waals surface area contributed by atoms with Crippen molar-refractivity contribution >= 4 is 21.6 Å². The minimum absolute atomic E-state index is 0.0556. The van der Waals surface area contributed by atoms with Crippen molar-refractivity contribution in [3.63, 3.8) is 0 Å². The lowest BCUT2D eigenvalue weighted by Crippen LogP contribution is -2.38. The molecule has 1 saturated carbocycles. The fraction of sp³-hybridized carbons (Fsp3) is 0.625. The van der Waals surface area contributed by atoms with Gasteiger partial charge in [0.2, 0.25) is 10.0 Å². The van der Waals surface area contributed by atoms with Gasteiger partial charge >= 0.3 is 0 Å². The van der Waals surface area contributed by atoms with E-state index in [1.54, 1.807) is 12.1 Å². The molecule has 0 heterocycles. The van der Waals surface area contributed by atoms with E-state index < -0.39 is 10.0 Å². The highest BCUT2D eigenvalue weighted by Gasteiger charge is 2.25. The van der Waals surface area contributed by atoms with E-state index >= 15 is 0 Å². The Bertz CT molecular complexity index is 542. The normalized spacial score (nSPS) is 23.7. The summed E-state index contributed by atoms with van der Waals surface area (Å²) in [5, 5.41) is 0. The summed E-state index contributed by atoms with van der Waals surface area (Å²) in [4.78, 5) is 0.345. The van der Waals surface area contributed by atoms with E-state index in [2.05, 4.69) is 11.6 Å². The first-order chi connectivity index (χ1) is 10.0. The number of aryl methyl sites for hydroxylation is 1. The molecule has 0 spiro atoms. The predicted molar refractivity (Wildman–Crippen MR) is 87.2 cm³/mol. The first kappa shape index (κ1) is 16.8. The molecule has 1 N–H and O–H groups in total. The molecule has 0 bridgehead atoms. The van der Waals surface area contributed by atoms with Gasteiger partial charge in [-0.1, -0.05) is 38.3 Å². The fourth-order valence-electron chi connectivity index (χ4n) is 2.88. The maximum absolute atomic E-state index is 12.5. The number of nitrogens with one attached hydrogen (secondary N) is 1. The monoisotopic (exact) mass is 329 g/mol. The molecule has 1 aliphatic rings. The van der Waals surface area contributed by atoms with Gasteiger partial charge in [-0.3, -0.25) is 0 Å². The lowest BCUT2D eigenvalue weighted by atomic mass is 9.98. The Morgan fingerprint density at radius 3 is 2.48 bits per heavy atom. The van der Waals surface area contributed by atoms with Crippen molar-refractivity contribution in [2.45, 2.75) is 56.4 Å².